The normalized spacial score (nSPS) is 14.8. The van der Waals surface area contributed by atoms with Crippen molar-refractivity contribution >= 4 is 23.7 Å². The predicted octanol–water partition coefficient (Wildman–Crippen LogP) is 2.76. The summed E-state index contributed by atoms with van der Waals surface area (Å²) in [6.45, 7) is 6.02. The third-order valence-corrected chi connectivity index (χ3v) is 5.80. The first kappa shape index (κ1) is 25.1. The minimum atomic E-state index is -1.14. The fourth-order valence-electron chi connectivity index (χ4n) is 4.02. The Hall–Kier alpha value is -3.52. The first-order valence-corrected chi connectivity index (χ1v) is 11.4. The number of rotatable bonds is 11. The molecule has 0 bridgehead atoms. The van der Waals surface area contributed by atoms with Crippen LogP contribution in [0.1, 0.15) is 58.5 Å². The van der Waals surface area contributed by atoms with E-state index >= 15 is 0 Å². The molecule has 0 radical (unpaired) electrons. The van der Waals surface area contributed by atoms with Gasteiger partial charge >= 0.3 is 5.97 Å². The van der Waals surface area contributed by atoms with Gasteiger partial charge in [-0.15, -0.1) is 0 Å². The Bertz CT molecular complexity index is 1070. The van der Waals surface area contributed by atoms with E-state index in [9.17, 15) is 24.3 Å². The van der Waals surface area contributed by atoms with Gasteiger partial charge in [-0.25, -0.2) is 0 Å². The van der Waals surface area contributed by atoms with Crippen LogP contribution in [-0.4, -0.2) is 52.3 Å². The lowest BCUT2D eigenvalue weighted by Gasteiger charge is -2.25. The second-order valence-electron chi connectivity index (χ2n) is 9.04. The summed E-state index contributed by atoms with van der Waals surface area (Å²) in [6, 6.07) is 12.7. The number of fused-ring (bicyclic) bond motifs is 1. The maximum atomic E-state index is 12.9. The second kappa shape index (κ2) is 11.1. The van der Waals surface area contributed by atoms with Crippen molar-refractivity contribution in [3.05, 3.63) is 70.8 Å². The molecule has 180 valence electrons. The number of carboxylic acids is 1. The maximum absolute atomic E-state index is 12.9. The number of hydrogen-bond acceptors (Lipinski definition) is 5. The van der Waals surface area contributed by atoms with Crippen LogP contribution in [0.3, 0.4) is 0 Å². The van der Waals surface area contributed by atoms with Crippen molar-refractivity contribution in [1.82, 2.24) is 15.5 Å². The van der Waals surface area contributed by atoms with Crippen LogP contribution in [-0.2, 0) is 16.1 Å². The molecule has 34 heavy (non-hydrogen) atoms. The molecule has 1 unspecified atom stereocenters. The van der Waals surface area contributed by atoms with Crippen molar-refractivity contribution in [2.75, 3.05) is 6.54 Å². The molecule has 8 heteroatoms. The highest BCUT2D eigenvalue weighted by Crippen LogP contribution is 2.24. The van der Waals surface area contributed by atoms with Gasteiger partial charge in [-0.2, -0.15) is 0 Å². The lowest BCUT2D eigenvalue weighted by atomic mass is 10.0. The number of imide groups is 1. The Kier molecular flexibility index (Phi) is 8.17. The van der Waals surface area contributed by atoms with Crippen LogP contribution in [0, 0.1) is 12.8 Å². The number of benzene rings is 2. The summed E-state index contributed by atoms with van der Waals surface area (Å²) in [4.78, 5) is 51.3. The van der Waals surface area contributed by atoms with Crippen molar-refractivity contribution in [3.63, 3.8) is 0 Å². The molecule has 3 rings (SSSR count). The highest BCUT2D eigenvalue weighted by molar-refractivity contribution is 6.21. The fraction of sp³-hybridized carbons (Fsp3) is 0.385. The summed E-state index contributed by atoms with van der Waals surface area (Å²) in [5.74, 6) is -2.14. The Morgan fingerprint density at radius 3 is 2.29 bits per heavy atom. The molecule has 1 aliphatic heterocycles. The number of carbonyl (C=O) groups excluding carboxylic acids is 3. The molecule has 0 spiro atoms. The van der Waals surface area contributed by atoms with Crippen molar-refractivity contribution in [3.8, 4) is 0 Å². The van der Waals surface area contributed by atoms with Gasteiger partial charge in [0, 0.05) is 13.1 Å². The molecule has 0 aliphatic carbocycles. The van der Waals surface area contributed by atoms with E-state index in [1.165, 1.54) is 0 Å². The minimum absolute atomic E-state index is 0.0135. The van der Waals surface area contributed by atoms with E-state index in [0.717, 1.165) is 16.0 Å². The van der Waals surface area contributed by atoms with Crippen LogP contribution in [0.25, 0.3) is 0 Å². The summed E-state index contributed by atoms with van der Waals surface area (Å²) < 4.78 is 0. The van der Waals surface area contributed by atoms with Crippen molar-refractivity contribution < 1.29 is 24.3 Å². The molecule has 3 N–H and O–H groups in total. The number of nitrogens with one attached hydrogen (secondary N) is 2. The molecule has 1 aliphatic rings. The number of nitrogens with zero attached hydrogens (tertiary/aromatic N) is 1. The lowest BCUT2D eigenvalue weighted by Crippen LogP contribution is -2.52. The Morgan fingerprint density at radius 2 is 1.65 bits per heavy atom. The average molecular weight is 466 g/mol. The third-order valence-electron chi connectivity index (χ3n) is 5.80. The molecule has 1 heterocycles. The average Bonchev–Trinajstić information content (AvgIpc) is 3.03. The third kappa shape index (κ3) is 6.08. The van der Waals surface area contributed by atoms with Crippen LogP contribution in [0.15, 0.2) is 48.5 Å². The summed E-state index contributed by atoms with van der Waals surface area (Å²) in [5, 5.41) is 15.6. The zero-order valence-corrected chi connectivity index (χ0v) is 19.7. The molecule has 8 nitrogen and oxygen atoms in total. The zero-order valence-electron chi connectivity index (χ0n) is 19.7. The van der Waals surface area contributed by atoms with Crippen LogP contribution in [0.4, 0.5) is 0 Å². The molecule has 2 atom stereocenters. The Labute approximate surface area is 199 Å². The number of hydrogen-bond donors (Lipinski definition) is 3. The van der Waals surface area contributed by atoms with Crippen molar-refractivity contribution in [2.24, 2.45) is 5.92 Å². The van der Waals surface area contributed by atoms with Crippen molar-refractivity contribution in [1.29, 1.82) is 0 Å². The standard InChI is InChI=1S/C26H31N3O5/c1-16(2)13-22(23(30)27-15-18-7-5-4-6-8-18)28-21(26(33)34)11-12-29-24(31)19-10-9-17(3)14-20(19)25(29)32/h4-10,14,16,21-22,28H,11-13,15H2,1-3H3,(H,27,30)(H,33,34)/t21?,22-/m0/s1. The fourth-order valence-corrected chi connectivity index (χ4v) is 4.02. The quantitative estimate of drug-likeness (QED) is 0.440. The van der Waals surface area contributed by atoms with E-state index in [2.05, 4.69) is 10.6 Å². The predicted molar refractivity (Wildman–Crippen MR) is 127 cm³/mol. The van der Waals surface area contributed by atoms with E-state index in [1.807, 2.05) is 51.1 Å². The van der Waals surface area contributed by atoms with Crippen molar-refractivity contribution in [2.45, 2.75) is 52.2 Å². The molecule has 0 fully saturated rings. The van der Waals surface area contributed by atoms with Gasteiger partial charge in [-0.1, -0.05) is 55.8 Å². The summed E-state index contributed by atoms with van der Waals surface area (Å²) >= 11 is 0. The van der Waals surface area contributed by atoms with Gasteiger partial charge < -0.3 is 10.4 Å². The number of aryl methyl sites for hydroxylation is 1. The number of carboxylic acid groups (broad SMARTS) is 1. The molecule has 0 saturated carbocycles. The van der Waals surface area contributed by atoms with Gasteiger partial charge in [0.2, 0.25) is 5.91 Å². The largest absolute Gasteiger partial charge is 0.480 e. The second-order valence-corrected chi connectivity index (χ2v) is 9.04. The number of amides is 3. The molecule has 2 aromatic carbocycles. The molecule has 0 saturated heterocycles. The Morgan fingerprint density at radius 1 is 0.971 bits per heavy atom. The van der Waals surface area contributed by atoms with Gasteiger partial charge in [0.25, 0.3) is 11.8 Å². The van der Waals surface area contributed by atoms with E-state index in [1.54, 1.807) is 18.2 Å². The Balaban J connectivity index is 1.65. The van der Waals surface area contributed by atoms with Crippen LogP contribution < -0.4 is 10.6 Å². The summed E-state index contributed by atoms with van der Waals surface area (Å²) in [7, 11) is 0. The topological polar surface area (TPSA) is 116 Å². The zero-order chi connectivity index (χ0) is 24.8. The summed E-state index contributed by atoms with van der Waals surface area (Å²) in [5.41, 5.74) is 2.47. The number of aliphatic carboxylic acids is 1. The highest BCUT2D eigenvalue weighted by atomic mass is 16.4. The van der Waals surface area contributed by atoms with Gasteiger partial charge in [0.1, 0.15) is 6.04 Å². The smallest absolute Gasteiger partial charge is 0.320 e. The van der Waals surface area contributed by atoms with Crippen LogP contribution in [0.2, 0.25) is 0 Å². The molecule has 2 aromatic rings. The minimum Gasteiger partial charge on any atom is -0.480 e. The first-order valence-electron chi connectivity index (χ1n) is 11.4. The number of carbonyl (C=O) groups is 4. The van der Waals surface area contributed by atoms with E-state index in [4.69, 9.17) is 0 Å². The first-order chi connectivity index (χ1) is 16.2. The van der Waals surface area contributed by atoms with E-state index < -0.39 is 29.9 Å². The van der Waals surface area contributed by atoms with E-state index in [0.29, 0.717) is 24.1 Å². The SMILES string of the molecule is Cc1ccc2c(c1)C(=O)N(CCC(N[C@@H](CC(C)C)C(=O)NCc1ccccc1)C(=O)O)C2=O. The van der Waals surface area contributed by atoms with E-state index in [-0.39, 0.29) is 24.8 Å². The molecular weight excluding hydrogens is 434 g/mol. The summed E-state index contributed by atoms with van der Waals surface area (Å²) in [6.07, 6.45) is 0.428. The van der Waals surface area contributed by atoms with Crippen LogP contribution in [0.5, 0.6) is 0 Å². The highest BCUT2D eigenvalue weighted by Gasteiger charge is 2.36. The molecule has 0 aromatic heterocycles. The maximum Gasteiger partial charge on any atom is 0.320 e. The molecule has 3 amide bonds. The van der Waals surface area contributed by atoms with Gasteiger partial charge in [-0.05, 0) is 43.4 Å². The molecular formula is C26H31N3O5. The monoisotopic (exact) mass is 465 g/mol. The van der Waals surface area contributed by atoms with Gasteiger partial charge in [-0.3, -0.25) is 29.4 Å². The van der Waals surface area contributed by atoms with Gasteiger partial charge in [0.15, 0.2) is 0 Å². The van der Waals surface area contributed by atoms with Crippen LogP contribution >= 0.6 is 0 Å². The van der Waals surface area contributed by atoms with Gasteiger partial charge in [0.05, 0.1) is 17.2 Å². The lowest BCUT2D eigenvalue weighted by molar-refractivity contribution is -0.140.